The van der Waals surface area contributed by atoms with Crippen LogP contribution in [0.5, 0.6) is 0 Å². The van der Waals surface area contributed by atoms with Crippen molar-refractivity contribution in [3.63, 3.8) is 0 Å². The molecule has 0 saturated heterocycles. The summed E-state index contributed by atoms with van der Waals surface area (Å²) in [5.41, 5.74) is 0. The second kappa shape index (κ2) is 4.63. The Morgan fingerprint density at radius 1 is 0.786 bits per heavy atom. The van der Waals surface area contributed by atoms with Gasteiger partial charge in [0.2, 0.25) is 0 Å². The average molecular weight is 198 g/mol. The molecule has 3 rings (SSSR count). The summed E-state index contributed by atoms with van der Waals surface area (Å²) < 4.78 is 10.7. The van der Waals surface area contributed by atoms with Crippen molar-refractivity contribution in [2.75, 3.05) is 27.4 Å². The number of hydrogen-bond acceptors (Lipinski definition) is 2. The van der Waals surface area contributed by atoms with E-state index in [2.05, 4.69) is 0 Å². The average Bonchev–Trinajstić information content (AvgIpc) is 2.23. The highest BCUT2D eigenvalue weighted by atomic mass is 16.5. The third-order valence-corrected chi connectivity index (χ3v) is 4.30. The van der Waals surface area contributed by atoms with Gasteiger partial charge in [-0.05, 0) is 49.4 Å². The smallest absolute Gasteiger partial charge is 0.0496 e. The molecule has 3 saturated carbocycles. The number of ether oxygens (including phenoxy) is 2. The first-order valence-electron chi connectivity index (χ1n) is 5.84. The lowest BCUT2D eigenvalue weighted by molar-refractivity contribution is -0.0523. The van der Waals surface area contributed by atoms with Crippen molar-refractivity contribution < 1.29 is 9.47 Å². The van der Waals surface area contributed by atoms with Gasteiger partial charge >= 0.3 is 0 Å². The summed E-state index contributed by atoms with van der Waals surface area (Å²) in [5.74, 6) is 3.38. The van der Waals surface area contributed by atoms with Crippen molar-refractivity contribution in [3.05, 3.63) is 0 Å². The molecule has 0 aromatic rings. The Morgan fingerprint density at radius 3 is 1.43 bits per heavy atom. The van der Waals surface area contributed by atoms with E-state index in [4.69, 9.17) is 9.47 Å². The van der Waals surface area contributed by atoms with Crippen LogP contribution in [0, 0.1) is 23.7 Å². The van der Waals surface area contributed by atoms with Gasteiger partial charge in [-0.3, -0.25) is 0 Å². The quantitative estimate of drug-likeness (QED) is 0.690. The summed E-state index contributed by atoms with van der Waals surface area (Å²) in [6, 6.07) is 0. The van der Waals surface area contributed by atoms with Gasteiger partial charge in [0.15, 0.2) is 0 Å². The van der Waals surface area contributed by atoms with E-state index in [1.165, 1.54) is 25.7 Å². The second-order valence-electron chi connectivity index (χ2n) is 4.91. The Hall–Kier alpha value is -0.0800. The van der Waals surface area contributed by atoms with E-state index in [-0.39, 0.29) is 0 Å². The molecule has 0 N–H and O–H groups in total. The molecule has 2 atom stereocenters. The molecule has 2 unspecified atom stereocenters. The van der Waals surface area contributed by atoms with Gasteiger partial charge in [0.05, 0.1) is 0 Å². The van der Waals surface area contributed by atoms with Crippen molar-refractivity contribution >= 4 is 0 Å². The van der Waals surface area contributed by atoms with Crippen LogP contribution in [0.15, 0.2) is 0 Å². The summed E-state index contributed by atoms with van der Waals surface area (Å²) in [5, 5.41) is 0. The van der Waals surface area contributed by atoms with Crippen molar-refractivity contribution in [2.45, 2.75) is 25.7 Å². The molecule has 3 fully saturated rings. The largest absolute Gasteiger partial charge is 0.384 e. The first kappa shape index (κ1) is 10.4. The zero-order valence-electron chi connectivity index (χ0n) is 9.37. The van der Waals surface area contributed by atoms with E-state index in [1.54, 1.807) is 0 Å². The lowest BCUT2D eigenvalue weighted by Gasteiger charge is -2.48. The molecule has 2 heteroatoms. The van der Waals surface area contributed by atoms with E-state index in [9.17, 15) is 0 Å². The van der Waals surface area contributed by atoms with Gasteiger partial charge < -0.3 is 9.47 Å². The van der Waals surface area contributed by atoms with Crippen LogP contribution < -0.4 is 0 Å². The van der Waals surface area contributed by atoms with E-state index >= 15 is 0 Å². The molecule has 0 aromatic heterocycles. The van der Waals surface area contributed by atoms with E-state index in [0.717, 1.165) is 36.9 Å². The summed E-state index contributed by atoms with van der Waals surface area (Å²) in [6.07, 6.45) is 5.72. The second-order valence-corrected chi connectivity index (χ2v) is 4.91. The predicted molar refractivity (Wildman–Crippen MR) is 56.2 cm³/mol. The van der Waals surface area contributed by atoms with Crippen molar-refractivity contribution in [1.29, 1.82) is 0 Å². The molecular weight excluding hydrogens is 176 g/mol. The number of rotatable bonds is 4. The first-order chi connectivity index (χ1) is 6.86. The predicted octanol–water partition coefficient (Wildman–Crippen LogP) is 2.33. The molecule has 2 nitrogen and oxygen atoms in total. The minimum Gasteiger partial charge on any atom is -0.384 e. The minimum absolute atomic E-state index is 0.771. The van der Waals surface area contributed by atoms with Gasteiger partial charge in [0.1, 0.15) is 0 Å². The monoisotopic (exact) mass is 198 g/mol. The summed E-state index contributed by atoms with van der Waals surface area (Å²) in [6.45, 7) is 1.88. The Kier molecular flexibility index (Phi) is 3.45. The SMILES string of the molecule is COCC1C2CCC(CC2)C1COC. The number of fused-ring (bicyclic) bond motifs is 3. The van der Waals surface area contributed by atoms with Gasteiger partial charge in [0, 0.05) is 27.4 Å². The number of methoxy groups -OCH3 is 2. The topological polar surface area (TPSA) is 18.5 Å². The summed E-state index contributed by atoms with van der Waals surface area (Å²) in [4.78, 5) is 0. The van der Waals surface area contributed by atoms with E-state index in [0.29, 0.717) is 0 Å². The van der Waals surface area contributed by atoms with Gasteiger partial charge in [-0.1, -0.05) is 0 Å². The molecule has 82 valence electrons. The maximum Gasteiger partial charge on any atom is 0.0496 e. The molecule has 14 heavy (non-hydrogen) atoms. The van der Waals surface area contributed by atoms with Crippen LogP contribution in [0.3, 0.4) is 0 Å². The highest BCUT2D eigenvalue weighted by Crippen LogP contribution is 2.48. The van der Waals surface area contributed by atoms with Gasteiger partial charge in [-0.25, -0.2) is 0 Å². The highest BCUT2D eigenvalue weighted by molar-refractivity contribution is 4.92. The van der Waals surface area contributed by atoms with Gasteiger partial charge in [-0.15, -0.1) is 0 Å². The third kappa shape index (κ3) is 1.82. The van der Waals surface area contributed by atoms with Crippen LogP contribution in [-0.2, 0) is 9.47 Å². The van der Waals surface area contributed by atoms with Gasteiger partial charge in [-0.2, -0.15) is 0 Å². The Labute approximate surface area is 87.0 Å². The van der Waals surface area contributed by atoms with Crippen molar-refractivity contribution in [2.24, 2.45) is 23.7 Å². The molecule has 0 spiro atoms. The molecule has 0 aromatic carbocycles. The standard InChI is InChI=1S/C12H22O2/c1-13-7-11-9-3-5-10(6-4-9)12(11)8-14-2/h9-12H,3-8H2,1-2H3. The summed E-state index contributed by atoms with van der Waals surface area (Å²) in [7, 11) is 3.65. The maximum absolute atomic E-state index is 5.35. The molecule has 0 radical (unpaired) electrons. The Balaban J connectivity index is 2.02. The lowest BCUT2D eigenvalue weighted by atomic mass is 9.59. The van der Waals surface area contributed by atoms with Crippen LogP contribution in [-0.4, -0.2) is 27.4 Å². The zero-order chi connectivity index (χ0) is 9.97. The minimum atomic E-state index is 0.771. The molecule has 0 heterocycles. The van der Waals surface area contributed by atoms with E-state index in [1.807, 2.05) is 14.2 Å². The fraction of sp³-hybridized carbons (Fsp3) is 1.00. The maximum atomic E-state index is 5.35. The fourth-order valence-electron chi connectivity index (χ4n) is 3.60. The molecule has 0 amide bonds. The Bertz CT molecular complexity index is 153. The summed E-state index contributed by atoms with van der Waals surface area (Å²) >= 11 is 0. The third-order valence-electron chi connectivity index (χ3n) is 4.30. The first-order valence-corrected chi connectivity index (χ1v) is 5.84. The molecule has 3 aliphatic rings. The highest BCUT2D eigenvalue weighted by Gasteiger charge is 2.43. The zero-order valence-corrected chi connectivity index (χ0v) is 9.37. The Morgan fingerprint density at radius 2 is 1.14 bits per heavy atom. The molecule has 2 bridgehead atoms. The molecule has 3 aliphatic carbocycles. The van der Waals surface area contributed by atoms with E-state index < -0.39 is 0 Å². The van der Waals surface area contributed by atoms with Crippen LogP contribution in [0.1, 0.15) is 25.7 Å². The van der Waals surface area contributed by atoms with Crippen LogP contribution >= 0.6 is 0 Å². The lowest BCUT2D eigenvalue weighted by Crippen LogP contribution is -2.44. The molecule has 0 aliphatic heterocycles. The van der Waals surface area contributed by atoms with Gasteiger partial charge in [0.25, 0.3) is 0 Å². The fourth-order valence-corrected chi connectivity index (χ4v) is 3.60. The number of hydrogen-bond donors (Lipinski definition) is 0. The van der Waals surface area contributed by atoms with Crippen LogP contribution in [0.4, 0.5) is 0 Å². The van der Waals surface area contributed by atoms with Crippen LogP contribution in [0.2, 0.25) is 0 Å². The normalized spacial score (nSPS) is 41.6. The van der Waals surface area contributed by atoms with Crippen LogP contribution in [0.25, 0.3) is 0 Å². The van der Waals surface area contributed by atoms with Crippen molar-refractivity contribution in [3.8, 4) is 0 Å². The molecular formula is C12H22O2. The van der Waals surface area contributed by atoms with Crippen molar-refractivity contribution in [1.82, 2.24) is 0 Å².